The summed E-state index contributed by atoms with van der Waals surface area (Å²) in [6.07, 6.45) is 4.39. The van der Waals surface area contributed by atoms with Gasteiger partial charge in [0.2, 0.25) is 0 Å². The Labute approximate surface area is 176 Å². The van der Waals surface area contributed by atoms with Crippen molar-refractivity contribution in [2.75, 3.05) is 6.61 Å². The first-order valence-corrected chi connectivity index (χ1v) is 11.1. The second kappa shape index (κ2) is 6.39. The molecule has 3 fully saturated rings. The monoisotopic (exact) mass is 426 g/mol. The summed E-state index contributed by atoms with van der Waals surface area (Å²) in [5.74, 6) is -0.387. The van der Waals surface area contributed by atoms with Gasteiger partial charge in [-0.05, 0) is 67.4 Å². The van der Waals surface area contributed by atoms with Crippen LogP contribution in [0.15, 0.2) is 11.6 Å². The van der Waals surface area contributed by atoms with Crippen LogP contribution in [0.4, 0.5) is 0 Å². The van der Waals surface area contributed by atoms with Crippen LogP contribution in [0, 0.1) is 34.5 Å². The van der Waals surface area contributed by atoms with E-state index in [2.05, 4.69) is 13.8 Å². The van der Waals surface area contributed by atoms with E-state index >= 15 is 0 Å². The van der Waals surface area contributed by atoms with Crippen LogP contribution in [-0.4, -0.2) is 39.3 Å². The Morgan fingerprint density at radius 2 is 1.93 bits per heavy atom. The van der Waals surface area contributed by atoms with Crippen LogP contribution in [0.1, 0.15) is 52.9 Å². The van der Waals surface area contributed by atoms with Crippen LogP contribution in [0.3, 0.4) is 0 Å². The molecule has 0 saturated heterocycles. The molecule has 0 bridgehead atoms. The van der Waals surface area contributed by atoms with E-state index in [9.17, 15) is 19.5 Å². The molecule has 28 heavy (non-hydrogen) atoms. The zero-order valence-corrected chi connectivity index (χ0v) is 18.1. The number of hydrogen-bond donors (Lipinski definition) is 1. The average molecular weight is 427 g/mol. The van der Waals surface area contributed by atoms with E-state index in [4.69, 9.17) is 23.2 Å². The van der Waals surface area contributed by atoms with Gasteiger partial charge in [-0.3, -0.25) is 14.4 Å². The van der Waals surface area contributed by atoms with Crippen molar-refractivity contribution < 1.29 is 19.5 Å². The van der Waals surface area contributed by atoms with Gasteiger partial charge < -0.3 is 5.11 Å². The summed E-state index contributed by atoms with van der Waals surface area (Å²) in [4.78, 5) is 36.8. The molecule has 4 aliphatic rings. The van der Waals surface area contributed by atoms with E-state index < -0.39 is 22.3 Å². The molecule has 0 amide bonds. The lowest BCUT2D eigenvalue weighted by Gasteiger charge is -2.64. The second-order valence-electron chi connectivity index (χ2n) is 9.84. The number of carbonyl (C=O) groups is 3. The number of rotatable bonds is 2. The lowest BCUT2D eigenvalue weighted by molar-refractivity contribution is -0.141. The van der Waals surface area contributed by atoms with Crippen LogP contribution < -0.4 is 0 Å². The minimum absolute atomic E-state index is 0.0128. The van der Waals surface area contributed by atoms with Crippen molar-refractivity contribution in [2.24, 2.45) is 34.5 Å². The van der Waals surface area contributed by atoms with Crippen molar-refractivity contribution in [1.29, 1.82) is 0 Å². The van der Waals surface area contributed by atoms with Crippen molar-refractivity contribution in [1.82, 2.24) is 0 Å². The van der Waals surface area contributed by atoms with Gasteiger partial charge in [-0.15, -0.1) is 23.2 Å². The molecule has 4 rings (SSSR count). The molecule has 1 N–H and O–H groups in total. The summed E-state index contributed by atoms with van der Waals surface area (Å²) >= 11 is 14.4. The molecule has 0 aromatic heterocycles. The molecule has 0 aliphatic heterocycles. The van der Waals surface area contributed by atoms with Gasteiger partial charge in [0.1, 0.15) is 6.61 Å². The number of Topliss-reactive ketones (excluding diaryl/α,β-unsaturated/α-hetero) is 2. The van der Waals surface area contributed by atoms with Crippen molar-refractivity contribution in [3.63, 3.8) is 0 Å². The molecular formula is C22H28Cl2O4. The third kappa shape index (κ3) is 2.31. The van der Waals surface area contributed by atoms with Gasteiger partial charge in [-0.1, -0.05) is 13.8 Å². The quantitative estimate of drug-likeness (QED) is 0.539. The molecule has 0 heterocycles. The zero-order chi connectivity index (χ0) is 20.6. The maximum Gasteiger partial charge on any atom is 0.163 e. The molecule has 6 heteroatoms. The van der Waals surface area contributed by atoms with Gasteiger partial charge in [0.15, 0.2) is 17.3 Å². The molecule has 0 aromatic carbocycles. The lowest BCUT2D eigenvalue weighted by Crippen LogP contribution is -2.68. The molecule has 2 unspecified atom stereocenters. The summed E-state index contributed by atoms with van der Waals surface area (Å²) in [5, 5.41) is 8.96. The second-order valence-corrected chi connectivity index (χ2v) is 11.0. The maximum atomic E-state index is 13.2. The van der Waals surface area contributed by atoms with Gasteiger partial charge in [0.05, 0.1) is 22.1 Å². The topological polar surface area (TPSA) is 71.4 Å². The molecule has 0 aromatic rings. The van der Waals surface area contributed by atoms with Crippen molar-refractivity contribution in [2.45, 2.75) is 63.1 Å². The lowest BCUT2D eigenvalue weighted by atomic mass is 9.44. The highest BCUT2D eigenvalue weighted by atomic mass is 35.5. The van der Waals surface area contributed by atoms with Crippen molar-refractivity contribution in [3.05, 3.63) is 11.6 Å². The van der Waals surface area contributed by atoms with E-state index in [1.54, 1.807) is 6.08 Å². The van der Waals surface area contributed by atoms with Crippen LogP contribution >= 0.6 is 23.2 Å². The highest BCUT2D eigenvalue weighted by molar-refractivity contribution is 6.35. The molecule has 0 spiro atoms. The van der Waals surface area contributed by atoms with Crippen LogP contribution in [0.2, 0.25) is 0 Å². The fourth-order valence-electron chi connectivity index (χ4n) is 7.38. The van der Waals surface area contributed by atoms with Gasteiger partial charge in [-0.25, -0.2) is 0 Å². The summed E-state index contributed by atoms with van der Waals surface area (Å²) < 4.78 is 0. The third-order valence-electron chi connectivity index (χ3n) is 8.75. The first-order chi connectivity index (χ1) is 13.0. The van der Waals surface area contributed by atoms with Gasteiger partial charge in [-0.2, -0.15) is 0 Å². The smallest absolute Gasteiger partial charge is 0.163 e. The minimum atomic E-state index is -0.966. The van der Waals surface area contributed by atoms with Crippen LogP contribution in [0.25, 0.3) is 0 Å². The molecule has 8 atom stereocenters. The number of aliphatic hydroxyl groups excluding tert-OH is 1. The average Bonchev–Trinajstić information content (AvgIpc) is 2.96. The van der Waals surface area contributed by atoms with Crippen molar-refractivity contribution >= 4 is 40.6 Å². The molecule has 4 nitrogen and oxygen atoms in total. The number of hydrogen-bond acceptors (Lipinski definition) is 4. The Balaban J connectivity index is 1.84. The summed E-state index contributed by atoms with van der Waals surface area (Å²) in [7, 11) is 0. The molecule has 154 valence electrons. The molecule has 3 saturated carbocycles. The third-order valence-corrected chi connectivity index (χ3v) is 10.3. The Morgan fingerprint density at radius 3 is 2.57 bits per heavy atom. The first-order valence-electron chi connectivity index (χ1n) is 10.3. The predicted octanol–water partition coefficient (Wildman–Crippen LogP) is 3.70. The summed E-state index contributed by atoms with van der Waals surface area (Å²) in [5.41, 5.74) is -0.451. The molecular weight excluding hydrogens is 399 g/mol. The minimum Gasteiger partial charge on any atom is -0.389 e. The normalized spacial score (nSPS) is 50.5. The van der Waals surface area contributed by atoms with E-state index in [1.165, 1.54) is 0 Å². The fraction of sp³-hybridized carbons (Fsp3) is 0.773. The largest absolute Gasteiger partial charge is 0.389 e. The van der Waals surface area contributed by atoms with Crippen molar-refractivity contribution in [3.8, 4) is 0 Å². The Bertz CT molecular complexity index is 791. The summed E-state index contributed by atoms with van der Waals surface area (Å²) in [6.45, 7) is 5.61. The van der Waals surface area contributed by atoms with E-state index in [0.717, 1.165) is 24.8 Å². The van der Waals surface area contributed by atoms with Gasteiger partial charge in [0, 0.05) is 5.92 Å². The van der Waals surface area contributed by atoms with E-state index in [1.807, 2.05) is 6.92 Å². The predicted molar refractivity (Wildman–Crippen MR) is 107 cm³/mol. The number of halogens is 2. The highest BCUT2D eigenvalue weighted by Crippen LogP contribution is 2.71. The summed E-state index contributed by atoms with van der Waals surface area (Å²) in [6, 6.07) is 0. The maximum absolute atomic E-state index is 13.2. The van der Waals surface area contributed by atoms with Gasteiger partial charge >= 0.3 is 0 Å². The number of ketones is 3. The van der Waals surface area contributed by atoms with E-state index in [-0.39, 0.29) is 52.9 Å². The molecule has 0 radical (unpaired) electrons. The fourth-order valence-corrected chi connectivity index (χ4v) is 8.63. The number of alkyl halides is 2. The highest BCUT2D eigenvalue weighted by Gasteiger charge is 2.72. The van der Waals surface area contributed by atoms with Crippen LogP contribution in [0.5, 0.6) is 0 Å². The number of fused-ring (bicyclic) bond motifs is 5. The Morgan fingerprint density at radius 1 is 1.25 bits per heavy atom. The number of aliphatic hydroxyl groups is 1. The van der Waals surface area contributed by atoms with Gasteiger partial charge in [0.25, 0.3) is 0 Å². The number of carbonyl (C=O) groups excluding carboxylic acids is 3. The van der Waals surface area contributed by atoms with E-state index in [0.29, 0.717) is 6.42 Å². The zero-order valence-electron chi connectivity index (χ0n) is 16.6. The SMILES string of the molecule is CC1C[C@H]2[C@@H]3CC[C@H](C(=O)CO)[C@@]3(C)CC(Cl)[C@]2(Cl)[C@@]2(C)C(=O)CC(=O)C=C12. The molecule has 4 aliphatic carbocycles. The number of allylic oxidation sites excluding steroid dienone is 1. The first kappa shape index (κ1) is 20.6. The Hall–Kier alpha value is -0.710. The Kier molecular flexibility index (Phi) is 4.69. The standard InChI is InChI=1S/C22H28Cl2O4/c1-11-6-16-13-4-5-14(17(27)10-25)20(13,2)9-18(23)22(16,24)21(3)15(11)7-12(26)8-19(21)28/h7,11,13-14,16,18,25H,4-6,8-10H2,1-3H3/t11?,13-,14+,16-,18?,20-,21+,22-/m0/s1. The van der Waals surface area contributed by atoms with Crippen LogP contribution in [-0.2, 0) is 14.4 Å².